The molecule has 1 fully saturated rings. The van der Waals surface area contributed by atoms with Crippen LogP contribution in [0, 0.1) is 0 Å². The number of hydrogen-bond acceptors (Lipinski definition) is 2. The van der Waals surface area contributed by atoms with Crippen LogP contribution >= 0.6 is 27.5 Å². The zero-order chi connectivity index (χ0) is 13.0. The van der Waals surface area contributed by atoms with Gasteiger partial charge in [-0.3, -0.25) is 4.79 Å². The molecule has 1 aliphatic rings. The van der Waals surface area contributed by atoms with E-state index >= 15 is 0 Å². The third kappa shape index (κ3) is 3.29. The maximum atomic E-state index is 12.4. The van der Waals surface area contributed by atoms with Crippen molar-refractivity contribution in [3.05, 3.63) is 23.1 Å². The number of hydrogen-bond donors (Lipinski definition) is 0. The second kappa shape index (κ2) is 6.62. The Kier molecular flexibility index (Phi) is 5.13. The van der Waals surface area contributed by atoms with Crippen LogP contribution in [0.1, 0.15) is 42.7 Å². The number of alkyl halides is 1. The molecule has 0 saturated heterocycles. The summed E-state index contributed by atoms with van der Waals surface area (Å²) in [5.74, 6) is 0.291. The molecule has 1 aromatic rings. The molecule has 0 bridgehead atoms. The molecule has 2 rings (SSSR count). The number of halogens is 2. The second-order valence-corrected chi connectivity index (χ2v) is 5.75. The van der Waals surface area contributed by atoms with Crippen molar-refractivity contribution in [3.8, 4) is 0 Å². The molecule has 0 atom stereocenters. The molecular formula is C13H17BrClNO2. The molecule has 0 spiro atoms. The van der Waals surface area contributed by atoms with Gasteiger partial charge in [0, 0.05) is 17.9 Å². The molecule has 0 aliphatic heterocycles. The van der Waals surface area contributed by atoms with Crippen molar-refractivity contribution < 1.29 is 9.21 Å². The molecular weight excluding hydrogens is 318 g/mol. The molecule has 1 aliphatic carbocycles. The van der Waals surface area contributed by atoms with Gasteiger partial charge in [0.05, 0.1) is 0 Å². The Morgan fingerprint density at radius 3 is 2.67 bits per heavy atom. The topological polar surface area (TPSA) is 33.5 Å². The Bertz CT molecular complexity index is 401. The quantitative estimate of drug-likeness (QED) is 0.777. The van der Waals surface area contributed by atoms with Crippen LogP contribution in [0.25, 0.3) is 0 Å². The zero-order valence-corrected chi connectivity index (χ0v) is 12.5. The van der Waals surface area contributed by atoms with Crippen LogP contribution < -0.4 is 0 Å². The van der Waals surface area contributed by atoms with Crippen LogP contribution in [0.15, 0.2) is 16.5 Å². The average molecular weight is 335 g/mol. The van der Waals surface area contributed by atoms with E-state index in [4.69, 9.17) is 16.0 Å². The summed E-state index contributed by atoms with van der Waals surface area (Å²) in [4.78, 5) is 14.3. The van der Waals surface area contributed by atoms with Gasteiger partial charge in [-0.1, -0.05) is 35.2 Å². The van der Waals surface area contributed by atoms with Gasteiger partial charge >= 0.3 is 0 Å². The number of furan rings is 1. The van der Waals surface area contributed by atoms with E-state index in [0.717, 1.165) is 18.2 Å². The van der Waals surface area contributed by atoms with Gasteiger partial charge in [-0.05, 0) is 36.6 Å². The van der Waals surface area contributed by atoms with Crippen molar-refractivity contribution in [3.63, 3.8) is 0 Å². The Morgan fingerprint density at radius 2 is 2.11 bits per heavy atom. The molecule has 1 saturated carbocycles. The summed E-state index contributed by atoms with van der Waals surface area (Å²) in [6, 6.07) is 3.60. The van der Waals surface area contributed by atoms with E-state index in [1.54, 1.807) is 12.1 Å². The molecule has 0 N–H and O–H groups in total. The maximum absolute atomic E-state index is 12.4. The van der Waals surface area contributed by atoms with Crippen LogP contribution in [0.2, 0.25) is 5.22 Å². The summed E-state index contributed by atoms with van der Waals surface area (Å²) in [7, 11) is 0. The summed E-state index contributed by atoms with van der Waals surface area (Å²) in [6.45, 7) is 0.710. The number of carbonyl (C=O) groups is 1. The molecule has 100 valence electrons. The molecule has 0 radical (unpaired) electrons. The van der Waals surface area contributed by atoms with Gasteiger partial charge in [0.25, 0.3) is 5.91 Å². The van der Waals surface area contributed by atoms with Crippen LogP contribution in [0.5, 0.6) is 0 Å². The monoisotopic (exact) mass is 333 g/mol. The zero-order valence-electron chi connectivity index (χ0n) is 10.2. The highest BCUT2D eigenvalue weighted by atomic mass is 79.9. The first-order chi connectivity index (χ1) is 8.72. The first-order valence-electron chi connectivity index (χ1n) is 6.34. The second-order valence-electron chi connectivity index (χ2n) is 4.58. The summed E-state index contributed by atoms with van der Waals surface area (Å²) in [6.07, 6.45) is 5.87. The van der Waals surface area contributed by atoms with Gasteiger partial charge in [-0.25, -0.2) is 0 Å². The van der Waals surface area contributed by atoms with E-state index in [-0.39, 0.29) is 11.1 Å². The van der Waals surface area contributed by atoms with E-state index in [1.807, 2.05) is 4.90 Å². The Hall–Kier alpha value is -0.480. The number of carbonyl (C=O) groups excluding carboxylic acids is 1. The van der Waals surface area contributed by atoms with Crippen molar-refractivity contribution in [1.29, 1.82) is 0 Å². The lowest BCUT2D eigenvalue weighted by atomic mass is 9.94. The summed E-state index contributed by atoms with van der Waals surface area (Å²) in [5.41, 5.74) is 0. The van der Waals surface area contributed by atoms with E-state index in [2.05, 4.69) is 15.9 Å². The molecule has 1 heterocycles. The molecule has 1 aromatic heterocycles. The number of amides is 1. The molecule has 0 aromatic carbocycles. The van der Waals surface area contributed by atoms with Gasteiger partial charge in [0.1, 0.15) is 0 Å². The van der Waals surface area contributed by atoms with Crippen LogP contribution in [0.3, 0.4) is 0 Å². The van der Waals surface area contributed by atoms with Crippen molar-refractivity contribution in [2.75, 3.05) is 11.9 Å². The third-order valence-electron chi connectivity index (χ3n) is 3.39. The fourth-order valence-corrected chi connectivity index (χ4v) is 3.03. The highest BCUT2D eigenvalue weighted by Gasteiger charge is 2.27. The average Bonchev–Trinajstić information content (AvgIpc) is 2.83. The largest absolute Gasteiger partial charge is 0.440 e. The Labute approximate surface area is 121 Å². The minimum atomic E-state index is -0.0479. The maximum Gasteiger partial charge on any atom is 0.289 e. The molecule has 0 unspecified atom stereocenters. The number of nitrogens with zero attached hydrogens (tertiary/aromatic N) is 1. The van der Waals surface area contributed by atoms with Gasteiger partial charge in [0.15, 0.2) is 11.0 Å². The first kappa shape index (κ1) is 13.9. The molecule has 1 amide bonds. The lowest BCUT2D eigenvalue weighted by molar-refractivity contribution is 0.0619. The van der Waals surface area contributed by atoms with E-state index in [0.29, 0.717) is 18.3 Å². The van der Waals surface area contributed by atoms with Gasteiger partial charge in [0.2, 0.25) is 0 Å². The van der Waals surface area contributed by atoms with Gasteiger partial charge in [-0.2, -0.15) is 0 Å². The van der Waals surface area contributed by atoms with Gasteiger partial charge < -0.3 is 9.32 Å². The Balaban J connectivity index is 2.10. The lowest BCUT2D eigenvalue weighted by Gasteiger charge is -2.33. The first-order valence-corrected chi connectivity index (χ1v) is 7.84. The summed E-state index contributed by atoms with van der Waals surface area (Å²) < 4.78 is 5.22. The van der Waals surface area contributed by atoms with Crippen molar-refractivity contribution in [2.45, 2.75) is 38.1 Å². The minimum absolute atomic E-state index is 0.0479. The summed E-state index contributed by atoms with van der Waals surface area (Å²) >= 11 is 9.14. The lowest BCUT2D eigenvalue weighted by Crippen LogP contribution is -2.42. The van der Waals surface area contributed by atoms with Crippen molar-refractivity contribution in [2.24, 2.45) is 0 Å². The smallest absolute Gasteiger partial charge is 0.289 e. The standard InChI is InChI=1S/C13H17BrClNO2/c14-8-9-16(10-4-2-1-3-5-10)13(17)11-6-7-12(15)18-11/h6-7,10H,1-5,8-9H2. The van der Waals surface area contributed by atoms with Crippen LogP contribution in [-0.2, 0) is 0 Å². The molecule has 5 heteroatoms. The molecule has 3 nitrogen and oxygen atoms in total. The van der Waals surface area contributed by atoms with Crippen molar-refractivity contribution in [1.82, 2.24) is 4.90 Å². The fraction of sp³-hybridized carbons (Fsp3) is 0.615. The predicted molar refractivity (Wildman–Crippen MR) is 75.4 cm³/mol. The number of rotatable bonds is 4. The van der Waals surface area contributed by atoms with E-state index in [9.17, 15) is 4.79 Å². The minimum Gasteiger partial charge on any atom is -0.440 e. The molecule has 18 heavy (non-hydrogen) atoms. The highest BCUT2D eigenvalue weighted by molar-refractivity contribution is 9.09. The highest BCUT2D eigenvalue weighted by Crippen LogP contribution is 2.25. The van der Waals surface area contributed by atoms with Crippen molar-refractivity contribution >= 4 is 33.4 Å². The van der Waals surface area contributed by atoms with Gasteiger partial charge in [-0.15, -0.1) is 0 Å². The normalized spacial score (nSPS) is 16.8. The predicted octanol–water partition coefficient (Wildman–Crippen LogP) is 4.10. The van der Waals surface area contributed by atoms with Crippen LogP contribution in [-0.4, -0.2) is 28.7 Å². The Morgan fingerprint density at radius 1 is 1.39 bits per heavy atom. The van der Waals surface area contributed by atoms with E-state index in [1.165, 1.54) is 19.3 Å². The SMILES string of the molecule is O=C(c1ccc(Cl)o1)N(CCBr)C1CCCCC1. The third-order valence-corrected chi connectivity index (χ3v) is 3.94. The summed E-state index contributed by atoms with van der Waals surface area (Å²) in [5, 5.41) is 1.05. The van der Waals surface area contributed by atoms with E-state index < -0.39 is 0 Å². The fourth-order valence-electron chi connectivity index (χ4n) is 2.50. The van der Waals surface area contributed by atoms with Crippen LogP contribution in [0.4, 0.5) is 0 Å².